The molecule has 0 aromatic rings. The Labute approximate surface area is 96.8 Å². The first-order valence-electron chi connectivity index (χ1n) is 3.96. The van der Waals surface area contributed by atoms with Crippen LogP contribution in [0.3, 0.4) is 0 Å². The van der Waals surface area contributed by atoms with Crippen LogP contribution in [0.2, 0.25) is 0 Å². The quantitative estimate of drug-likeness (QED) is 0.785. The summed E-state index contributed by atoms with van der Waals surface area (Å²) in [5.41, 5.74) is 5.34. The van der Waals surface area contributed by atoms with E-state index in [2.05, 4.69) is 0 Å². The number of nitrogens with one attached hydrogen (secondary N) is 1. The van der Waals surface area contributed by atoms with Gasteiger partial charge in [0.1, 0.15) is 6.54 Å². The highest BCUT2D eigenvalue weighted by molar-refractivity contribution is 7.98. The summed E-state index contributed by atoms with van der Waals surface area (Å²) in [4.78, 5) is 11.0. The van der Waals surface area contributed by atoms with Crippen LogP contribution in [-0.2, 0) is 4.79 Å². The zero-order chi connectivity index (χ0) is 11.2. The van der Waals surface area contributed by atoms with Crippen molar-refractivity contribution in [2.75, 3.05) is 18.6 Å². The molecular weight excluding hydrogens is 253 g/mol. The molecule has 0 spiro atoms. The average Bonchev–Trinajstić information content (AvgIpc) is 2.09. The Kier molecular flexibility index (Phi) is 9.28. The van der Waals surface area contributed by atoms with Gasteiger partial charge in [0.15, 0.2) is 0 Å². The first kappa shape index (κ1) is 17.3. The third-order valence-electron chi connectivity index (χ3n) is 1.43. The summed E-state index contributed by atoms with van der Waals surface area (Å²) in [6, 6.07) is -0.857. The van der Waals surface area contributed by atoms with Gasteiger partial charge in [0.25, 0.3) is 0 Å². The molecule has 3 nitrogen and oxygen atoms in total. The highest BCUT2D eigenvalue weighted by Gasteiger charge is 2.28. The Hall–Kier alpha value is -0.140. The number of carbonyl (C=O) groups excluding carboxylic acids is 1. The van der Waals surface area contributed by atoms with Gasteiger partial charge >= 0.3 is 6.18 Å². The van der Waals surface area contributed by atoms with Gasteiger partial charge in [-0.15, -0.1) is 12.4 Å². The van der Waals surface area contributed by atoms with Crippen molar-refractivity contribution >= 4 is 30.1 Å². The highest BCUT2D eigenvalue weighted by atomic mass is 35.5. The number of alkyl halides is 3. The SMILES string of the molecule is CSCCC(N)C(=O)NCC(F)(F)F.Cl. The van der Waals surface area contributed by atoms with E-state index < -0.39 is 24.7 Å². The predicted octanol–water partition coefficient (Wildman–Crippen LogP) is 1.17. The third kappa shape index (κ3) is 10.1. The van der Waals surface area contributed by atoms with Gasteiger partial charge in [0.2, 0.25) is 5.91 Å². The van der Waals surface area contributed by atoms with Crippen molar-refractivity contribution in [3.63, 3.8) is 0 Å². The van der Waals surface area contributed by atoms with Crippen LogP contribution in [0.1, 0.15) is 6.42 Å². The van der Waals surface area contributed by atoms with Crippen molar-refractivity contribution < 1.29 is 18.0 Å². The normalized spacial score (nSPS) is 12.9. The van der Waals surface area contributed by atoms with E-state index >= 15 is 0 Å². The van der Waals surface area contributed by atoms with Gasteiger partial charge in [0.05, 0.1) is 6.04 Å². The Morgan fingerprint density at radius 1 is 1.53 bits per heavy atom. The highest BCUT2D eigenvalue weighted by Crippen LogP contribution is 2.12. The van der Waals surface area contributed by atoms with Gasteiger partial charge in [-0.1, -0.05) is 0 Å². The maximum atomic E-state index is 11.7. The standard InChI is InChI=1S/C7H13F3N2OS.ClH/c1-14-3-2-5(11)6(13)12-4-7(8,9)10;/h5H,2-4,11H2,1H3,(H,12,13);1H. The number of nitrogens with two attached hydrogens (primary N) is 1. The summed E-state index contributed by atoms with van der Waals surface area (Å²) in [6.45, 7) is -1.32. The minimum Gasteiger partial charge on any atom is -0.346 e. The molecule has 15 heavy (non-hydrogen) atoms. The number of carbonyl (C=O) groups is 1. The molecule has 1 unspecified atom stereocenters. The molecular formula is C7H14ClF3N2OS. The molecule has 0 fully saturated rings. The number of thioether (sulfide) groups is 1. The average molecular weight is 267 g/mol. The van der Waals surface area contributed by atoms with E-state index in [0.717, 1.165) is 0 Å². The van der Waals surface area contributed by atoms with Crippen molar-refractivity contribution in [3.8, 4) is 0 Å². The minimum atomic E-state index is -4.38. The second-order valence-corrected chi connectivity index (χ2v) is 3.71. The summed E-state index contributed by atoms with van der Waals surface area (Å²) in [7, 11) is 0. The molecule has 0 saturated carbocycles. The molecule has 0 aliphatic carbocycles. The first-order valence-corrected chi connectivity index (χ1v) is 5.35. The zero-order valence-corrected chi connectivity index (χ0v) is 9.77. The number of hydrogen-bond donors (Lipinski definition) is 2. The van der Waals surface area contributed by atoms with Crippen molar-refractivity contribution in [3.05, 3.63) is 0 Å². The van der Waals surface area contributed by atoms with Gasteiger partial charge in [-0.05, 0) is 18.4 Å². The van der Waals surface area contributed by atoms with Gasteiger partial charge in [-0.2, -0.15) is 24.9 Å². The molecule has 0 bridgehead atoms. The third-order valence-corrected chi connectivity index (χ3v) is 2.08. The second kappa shape index (κ2) is 8.06. The largest absolute Gasteiger partial charge is 0.405 e. The summed E-state index contributed by atoms with van der Waals surface area (Å²) in [5.74, 6) is -0.1000. The summed E-state index contributed by atoms with van der Waals surface area (Å²) < 4.78 is 35.0. The minimum absolute atomic E-state index is 0. The molecule has 0 rings (SSSR count). The molecule has 8 heteroatoms. The van der Waals surface area contributed by atoms with Crippen molar-refractivity contribution in [2.24, 2.45) is 5.73 Å². The maximum Gasteiger partial charge on any atom is 0.405 e. The molecule has 92 valence electrons. The van der Waals surface area contributed by atoms with Crippen LogP contribution in [0.15, 0.2) is 0 Å². The van der Waals surface area contributed by atoms with E-state index in [9.17, 15) is 18.0 Å². The molecule has 3 N–H and O–H groups in total. The molecule has 0 aromatic carbocycles. The lowest BCUT2D eigenvalue weighted by molar-refractivity contribution is -0.139. The molecule has 0 aliphatic rings. The second-order valence-electron chi connectivity index (χ2n) is 2.72. The van der Waals surface area contributed by atoms with E-state index in [1.807, 2.05) is 6.26 Å². The summed E-state index contributed by atoms with van der Waals surface area (Å²) >= 11 is 1.49. The molecule has 1 amide bonds. The molecule has 0 radical (unpaired) electrons. The maximum absolute atomic E-state index is 11.7. The molecule has 0 heterocycles. The fourth-order valence-electron chi connectivity index (χ4n) is 0.694. The number of rotatable bonds is 5. The van der Waals surface area contributed by atoms with E-state index in [0.29, 0.717) is 12.2 Å². The van der Waals surface area contributed by atoms with Crippen LogP contribution in [0.5, 0.6) is 0 Å². The van der Waals surface area contributed by atoms with E-state index in [-0.39, 0.29) is 12.4 Å². The van der Waals surface area contributed by atoms with Gasteiger partial charge in [-0.25, -0.2) is 0 Å². The predicted molar refractivity (Wildman–Crippen MR) is 57.3 cm³/mol. The number of amides is 1. The van der Waals surface area contributed by atoms with E-state index in [1.165, 1.54) is 11.8 Å². The van der Waals surface area contributed by atoms with Gasteiger partial charge in [-0.3, -0.25) is 4.79 Å². The van der Waals surface area contributed by atoms with Crippen LogP contribution >= 0.6 is 24.2 Å². The Morgan fingerprint density at radius 2 is 2.07 bits per heavy atom. The summed E-state index contributed by atoms with van der Waals surface area (Å²) in [5, 5.41) is 1.73. The van der Waals surface area contributed by atoms with Crippen LogP contribution in [0, 0.1) is 0 Å². The van der Waals surface area contributed by atoms with Crippen LogP contribution in [0.4, 0.5) is 13.2 Å². The fourth-order valence-corrected chi connectivity index (χ4v) is 1.18. The lowest BCUT2D eigenvalue weighted by Crippen LogP contribution is -2.44. The monoisotopic (exact) mass is 266 g/mol. The number of halogens is 4. The lowest BCUT2D eigenvalue weighted by Gasteiger charge is -2.12. The molecule has 0 aliphatic heterocycles. The van der Waals surface area contributed by atoms with Gasteiger partial charge in [0, 0.05) is 0 Å². The van der Waals surface area contributed by atoms with Crippen LogP contribution < -0.4 is 11.1 Å². The molecule has 0 aromatic heterocycles. The smallest absolute Gasteiger partial charge is 0.346 e. The van der Waals surface area contributed by atoms with Crippen molar-refractivity contribution in [2.45, 2.75) is 18.6 Å². The molecule has 1 atom stereocenters. The fraction of sp³-hybridized carbons (Fsp3) is 0.857. The zero-order valence-electron chi connectivity index (χ0n) is 8.13. The van der Waals surface area contributed by atoms with Gasteiger partial charge < -0.3 is 11.1 Å². The molecule has 0 saturated heterocycles. The Bertz CT molecular complexity index is 192. The summed E-state index contributed by atoms with van der Waals surface area (Å²) in [6.07, 6.45) is -2.17. The first-order chi connectivity index (χ1) is 6.37. The van der Waals surface area contributed by atoms with E-state index in [1.54, 1.807) is 5.32 Å². The number of hydrogen-bond acceptors (Lipinski definition) is 3. The van der Waals surface area contributed by atoms with Crippen LogP contribution in [-0.4, -0.2) is 36.7 Å². The lowest BCUT2D eigenvalue weighted by atomic mass is 10.2. The van der Waals surface area contributed by atoms with Crippen LogP contribution in [0.25, 0.3) is 0 Å². The van der Waals surface area contributed by atoms with E-state index in [4.69, 9.17) is 5.73 Å². The van der Waals surface area contributed by atoms with Crippen molar-refractivity contribution in [1.29, 1.82) is 0 Å². The topological polar surface area (TPSA) is 55.1 Å². The Balaban J connectivity index is 0. The van der Waals surface area contributed by atoms with Crippen molar-refractivity contribution in [1.82, 2.24) is 5.32 Å². The Morgan fingerprint density at radius 3 is 2.47 bits per heavy atom.